The first kappa shape index (κ1) is 15.5. The number of likely N-dealkylation sites (tertiary alicyclic amines) is 1. The fourth-order valence-electron chi connectivity index (χ4n) is 2.70. The standard InChI is InChI=1S/C15H24N4O2/c1-12-8-17-19(10-12)7-5-15(21)18-6-3-4-14(11-18)9-16-13(2)20/h8,10,14H,3-7,9,11H2,1-2H3,(H,16,20). The molecule has 2 amide bonds. The minimum Gasteiger partial charge on any atom is -0.356 e. The third kappa shape index (κ3) is 4.88. The number of carbonyl (C=O) groups is 2. The van der Waals surface area contributed by atoms with Crippen LogP contribution in [0.1, 0.15) is 31.7 Å². The molecule has 1 aromatic heterocycles. The molecule has 2 rings (SSSR count). The Bertz CT molecular complexity index is 498. The summed E-state index contributed by atoms with van der Waals surface area (Å²) in [6.45, 7) is 6.38. The summed E-state index contributed by atoms with van der Waals surface area (Å²) in [4.78, 5) is 25.1. The van der Waals surface area contributed by atoms with Gasteiger partial charge < -0.3 is 10.2 Å². The van der Waals surface area contributed by atoms with Gasteiger partial charge in [0.05, 0.1) is 6.20 Å². The normalized spacial score (nSPS) is 18.6. The average Bonchev–Trinajstić information content (AvgIpc) is 2.88. The number of hydrogen-bond donors (Lipinski definition) is 1. The summed E-state index contributed by atoms with van der Waals surface area (Å²) < 4.78 is 1.81. The van der Waals surface area contributed by atoms with Crippen LogP contribution in [0, 0.1) is 12.8 Å². The van der Waals surface area contributed by atoms with Crippen molar-refractivity contribution in [3.8, 4) is 0 Å². The van der Waals surface area contributed by atoms with Crippen LogP contribution >= 0.6 is 0 Å². The van der Waals surface area contributed by atoms with Gasteiger partial charge in [-0.05, 0) is 31.2 Å². The Morgan fingerprint density at radius 2 is 2.29 bits per heavy atom. The predicted octanol–water partition coefficient (Wildman–Crippen LogP) is 0.956. The number of piperidine rings is 1. The van der Waals surface area contributed by atoms with Gasteiger partial charge in [0.2, 0.25) is 11.8 Å². The lowest BCUT2D eigenvalue weighted by molar-refractivity contribution is -0.133. The van der Waals surface area contributed by atoms with Gasteiger partial charge in [0.15, 0.2) is 0 Å². The van der Waals surface area contributed by atoms with Crippen LogP contribution in [0.4, 0.5) is 0 Å². The smallest absolute Gasteiger partial charge is 0.224 e. The Labute approximate surface area is 125 Å². The maximum Gasteiger partial charge on any atom is 0.224 e. The molecule has 1 atom stereocenters. The van der Waals surface area contributed by atoms with E-state index in [1.165, 1.54) is 6.92 Å². The van der Waals surface area contributed by atoms with Crippen molar-refractivity contribution in [1.82, 2.24) is 20.0 Å². The summed E-state index contributed by atoms with van der Waals surface area (Å²) in [5, 5.41) is 7.04. The number of rotatable bonds is 5. The van der Waals surface area contributed by atoms with E-state index in [9.17, 15) is 9.59 Å². The van der Waals surface area contributed by atoms with Crippen LogP contribution in [-0.2, 0) is 16.1 Å². The molecule has 1 aliphatic heterocycles. The zero-order valence-corrected chi connectivity index (χ0v) is 12.8. The van der Waals surface area contributed by atoms with Crippen molar-refractivity contribution in [3.63, 3.8) is 0 Å². The molecule has 0 bridgehead atoms. The van der Waals surface area contributed by atoms with Gasteiger partial charge >= 0.3 is 0 Å². The van der Waals surface area contributed by atoms with E-state index in [4.69, 9.17) is 0 Å². The molecule has 2 heterocycles. The van der Waals surface area contributed by atoms with Crippen LogP contribution in [0.25, 0.3) is 0 Å². The van der Waals surface area contributed by atoms with E-state index in [1.807, 2.05) is 22.7 Å². The number of nitrogens with one attached hydrogen (secondary N) is 1. The summed E-state index contributed by atoms with van der Waals surface area (Å²) in [6.07, 6.45) is 6.31. The molecule has 0 aromatic carbocycles. The predicted molar refractivity (Wildman–Crippen MR) is 79.6 cm³/mol. The Kier molecular flexibility index (Phi) is 5.36. The topological polar surface area (TPSA) is 67.2 Å². The summed E-state index contributed by atoms with van der Waals surface area (Å²) in [5.41, 5.74) is 1.11. The molecule has 1 aromatic rings. The molecule has 0 spiro atoms. The van der Waals surface area contributed by atoms with E-state index in [1.54, 1.807) is 6.20 Å². The molecule has 116 valence electrons. The minimum atomic E-state index is -0.00694. The number of aryl methyl sites for hydroxylation is 2. The van der Waals surface area contributed by atoms with Gasteiger partial charge in [-0.25, -0.2) is 0 Å². The molecule has 6 nitrogen and oxygen atoms in total. The average molecular weight is 292 g/mol. The number of amides is 2. The molecule has 21 heavy (non-hydrogen) atoms. The molecule has 1 unspecified atom stereocenters. The minimum absolute atomic E-state index is 0.00694. The highest BCUT2D eigenvalue weighted by molar-refractivity contribution is 5.76. The van der Waals surface area contributed by atoms with E-state index in [0.717, 1.165) is 31.5 Å². The SMILES string of the molecule is CC(=O)NCC1CCCN(C(=O)CCn2cc(C)cn2)C1. The highest BCUT2D eigenvalue weighted by atomic mass is 16.2. The van der Waals surface area contributed by atoms with E-state index in [-0.39, 0.29) is 11.8 Å². The second kappa shape index (κ2) is 7.24. The van der Waals surface area contributed by atoms with Crippen LogP contribution < -0.4 is 5.32 Å². The molecule has 1 saturated heterocycles. The summed E-state index contributed by atoms with van der Waals surface area (Å²) in [7, 11) is 0. The first-order chi connectivity index (χ1) is 10.0. The van der Waals surface area contributed by atoms with Crippen LogP contribution in [0.3, 0.4) is 0 Å². The maximum atomic E-state index is 12.3. The molecule has 1 fully saturated rings. The summed E-state index contributed by atoms with van der Waals surface area (Å²) in [5.74, 6) is 0.543. The Morgan fingerprint density at radius 1 is 1.48 bits per heavy atom. The van der Waals surface area contributed by atoms with E-state index < -0.39 is 0 Å². The number of carbonyl (C=O) groups excluding carboxylic acids is 2. The number of nitrogens with zero attached hydrogens (tertiary/aromatic N) is 3. The molecule has 0 saturated carbocycles. The zero-order valence-electron chi connectivity index (χ0n) is 12.8. The number of hydrogen-bond acceptors (Lipinski definition) is 3. The Hall–Kier alpha value is -1.85. The van der Waals surface area contributed by atoms with Crippen LogP contribution in [0.5, 0.6) is 0 Å². The third-order valence-corrected chi connectivity index (χ3v) is 3.83. The lowest BCUT2D eigenvalue weighted by Crippen LogP contribution is -2.43. The van der Waals surface area contributed by atoms with Gasteiger partial charge in [-0.3, -0.25) is 14.3 Å². The first-order valence-corrected chi connectivity index (χ1v) is 7.56. The van der Waals surface area contributed by atoms with Crippen molar-refractivity contribution < 1.29 is 9.59 Å². The quantitative estimate of drug-likeness (QED) is 0.879. The van der Waals surface area contributed by atoms with E-state index >= 15 is 0 Å². The zero-order chi connectivity index (χ0) is 15.2. The highest BCUT2D eigenvalue weighted by Crippen LogP contribution is 2.16. The van der Waals surface area contributed by atoms with E-state index in [2.05, 4.69) is 10.4 Å². The van der Waals surface area contributed by atoms with E-state index in [0.29, 0.717) is 25.4 Å². The van der Waals surface area contributed by atoms with Crippen LogP contribution in [0.2, 0.25) is 0 Å². The Morgan fingerprint density at radius 3 is 2.95 bits per heavy atom. The first-order valence-electron chi connectivity index (χ1n) is 7.56. The Balaban J connectivity index is 1.77. The largest absolute Gasteiger partial charge is 0.356 e. The lowest BCUT2D eigenvalue weighted by Gasteiger charge is -2.33. The molecule has 6 heteroatoms. The van der Waals surface area contributed by atoms with Crippen molar-refractivity contribution in [1.29, 1.82) is 0 Å². The summed E-state index contributed by atoms with van der Waals surface area (Å²) >= 11 is 0. The fourth-order valence-corrected chi connectivity index (χ4v) is 2.70. The van der Waals surface area contributed by atoms with Crippen molar-refractivity contribution in [2.24, 2.45) is 5.92 Å². The fraction of sp³-hybridized carbons (Fsp3) is 0.667. The number of aromatic nitrogens is 2. The van der Waals surface area contributed by atoms with Gasteiger partial charge in [0.25, 0.3) is 0 Å². The molecule has 0 radical (unpaired) electrons. The van der Waals surface area contributed by atoms with Crippen molar-refractivity contribution in [2.45, 2.75) is 39.7 Å². The van der Waals surface area contributed by atoms with Gasteiger partial charge in [-0.2, -0.15) is 5.10 Å². The monoisotopic (exact) mass is 292 g/mol. The molecule has 1 aliphatic rings. The van der Waals surface area contributed by atoms with Crippen LogP contribution in [-0.4, -0.2) is 46.1 Å². The highest BCUT2D eigenvalue weighted by Gasteiger charge is 2.23. The molecule has 0 aliphatic carbocycles. The van der Waals surface area contributed by atoms with Crippen molar-refractivity contribution >= 4 is 11.8 Å². The lowest BCUT2D eigenvalue weighted by atomic mass is 9.97. The van der Waals surface area contributed by atoms with Gasteiger partial charge in [-0.1, -0.05) is 0 Å². The molecular weight excluding hydrogens is 268 g/mol. The molecule has 1 N–H and O–H groups in total. The molecular formula is C15H24N4O2. The van der Waals surface area contributed by atoms with Gasteiger partial charge in [-0.15, -0.1) is 0 Å². The van der Waals surface area contributed by atoms with Gasteiger partial charge in [0.1, 0.15) is 0 Å². The van der Waals surface area contributed by atoms with Gasteiger partial charge in [0, 0.05) is 45.7 Å². The second-order valence-corrected chi connectivity index (χ2v) is 5.82. The third-order valence-electron chi connectivity index (χ3n) is 3.83. The summed E-state index contributed by atoms with van der Waals surface area (Å²) in [6, 6.07) is 0. The van der Waals surface area contributed by atoms with Crippen molar-refractivity contribution in [2.75, 3.05) is 19.6 Å². The maximum absolute atomic E-state index is 12.3. The second-order valence-electron chi connectivity index (χ2n) is 5.82. The van der Waals surface area contributed by atoms with Crippen LogP contribution in [0.15, 0.2) is 12.4 Å². The van der Waals surface area contributed by atoms with Crippen molar-refractivity contribution in [3.05, 3.63) is 18.0 Å².